The van der Waals surface area contributed by atoms with Gasteiger partial charge in [-0.1, -0.05) is 31.0 Å². The summed E-state index contributed by atoms with van der Waals surface area (Å²) in [6.45, 7) is 7.38. The van der Waals surface area contributed by atoms with E-state index in [9.17, 15) is 4.79 Å². The Hall–Kier alpha value is -0.510. The lowest BCUT2D eigenvalue weighted by Crippen LogP contribution is -2.41. The van der Waals surface area contributed by atoms with Crippen LogP contribution in [0.3, 0.4) is 0 Å². The second-order valence-corrected chi connectivity index (χ2v) is 6.72. The predicted molar refractivity (Wildman–Crippen MR) is 77.9 cm³/mol. The average Bonchev–Trinajstić information content (AvgIpc) is 2.55. The third-order valence-corrected chi connectivity index (χ3v) is 5.35. The molecule has 2 rings (SSSR count). The van der Waals surface area contributed by atoms with Crippen molar-refractivity contribution < 1.29 is 4.79 Å². The highest BCUT2D eigenvalue weighted by Crippen LogP contribution is 2.38. The number of nitrogens with zero attached hydrogens (tertiary/aromatic N) is 2. The van der Waals surface area contributed by atoms with Gasteiger partial charge in [-0.2, -0.15) is 4.99 Å². The molecule has 1 fully saturated rings. The summed E-state index contributed by atoms with van der Waals surface area (Å²) in [5.74, 6) is 0.321. The molecule has 1 heterocycles. The molecule has 4 heteroatoms. The summed E-state index contributed by atoms with van der Waals surface area (Å²) >= 11 is 1.85. The Bertz CT molecular complexity index is 341. The Balaban J connectivity index is 2.17. The van der Waals surface area contributed by atoms with E-state index in [-0.39, 0.29) is 11.8 Å². The van der Waals surface area contributed by atoms with E-state index in [0.717, 1.165) is 18.1 Å². The van der Waals surface area contributed by atoms with E-state index in [1.807, 2.05) is 11.8 Å². The second-order valence-electron chi connectivity index (χ2n) is 5.51. The Morgan fingerprint density at radius 2 is 2.06 bits per heavy atom. The molecule has 102 valence electrons. The third kappa shape index (κ3) is 2.90. The van der Waals surface area contributed by atoms with Gasteiger partial charge in [0.1, 0.15) is 0 Å². The van der Waals surface area contributed by atoms with Crippen LogP contribution in [0.5, 0.6) is 0 Å². The Kier molecular flexibility index (Phi) is 4.71. The molecule has 1 saturated carbocycles. The van der Waals surface area contributed by atoms with Crippen LogP contribution >= 0.6 is 11.8 Å². The van der Waals surface area contributed by atoms with Crippen molar-refractivity contribution in [1.82, 2.24) is 4.90 Å². The molecule has 0 saturated heterocycles. The molecular weight excluding hydrogens is 244 g/mol. The van der Waals surface area contributed by atoms with E-state index in [2.05, 4.69) is 30.7 Å². The minimum atomic E-state index is 0.134. The molecule has 0 aromatic rings. The fourth-order valence-corrected chi connectivity index (χ4v) is 4.48. The molecule has 1 aliphatic carbocycles. The maximum atomic E-state index is 12.2. The second kappa shape index (κ2) is 6.09. The van der Waals surface area contributed by atoms with Crippen molar-refractivity contribution in [3.63, 3.8) is 0 Å². The van der Waals surface area contributed by atoms with Gasteiger partial charge in [-0.25, -0.2) is 0 Å². The molecule has 3 nitrogen and oxygen atoms in total. The summed E-state index contributed by atoms with van der Waals surface area (Å²) in [5, 5.41) is 1.43. The predicted octanol–water partition coefficient (Wildman–Crippen LogP) is 3.30. The smallest absolute Gasteiger partial charge is 0.252 e. The summed E-state index contributed by atoms with van der Waals surface area (Å²) in [6, 6.07) is 0.413. The zero-order chi connectivity index (χ0) is 13.1. The summed E-state index contributed by atoms with van der Waals surface area (Å²) in [7, 11) is 0. The van der Waals surface area contributed by atoms with Crippen LogP contribution in [0.4, 0.5) is 0 Å². The standard InChI is InChI=1S/C14H24N2OS/c1-4-16(10(2)3)14-15-13(17)11-8-6-5-7-9-12(11)18-14/h10-12H,4-9H2,1-3H3. The lowest BCUT2D eigenvalue weighted by atomic mass is 9.99. The monoisotopic (exact) mass is 268 g/mol. The van der Waals surface area contributed by atoms with Gasteiger partial charge in [-0.15, -0.1) is 0 Å². The van der Waals surface area contributed by atoms with Crippen LogP contribution in [0.2, 0.25) is 0 Å². The fraction of sp³-hybridized carbons (Fsp3) is 0.857. The molecule has 0 radical (unpaired) electrons. The van der Waals surface area contributed by atoms with E-state index in [1.165, 1.54) is 25.7 Å². The average molecular weight is 268 g/mol. The lowest BCUT2D eigenvalue weighted by Gasteiger charge is -2.34. The highest BCUT2D eigenvalue weighted by atomic mass is 32.2. The number of hydrogen-bond donors (Lipinski definition) is 0. The Morgan fingerprint density at radius 1 is 1.33 bits per heavy atom. The Labute approximate surface area is 114 Å². The zero-order valence-corrected chi connectivity index (χ0v) is 12.5. The molecule has 2 unspecified atom stereocenters. The Morgan fingerprint density at radius 3 is 2.72 bits per heavy atom. The summed E-state index contributed by atoms with van der Waals surface area (Å²) < 4.78 is 0. The van der Waals surface area contributed by atoms with E-state index < -0.39 is 0 Å². The maximum Gasteiger partial charge on any atom is 0.252 e. The number of carbonyl (C=O) groups is 1. The quantitative estimate of drug-likeness (QED) is 0.770. The van der Waals surface area contributed by atoms with Crippen molar-refractivity contribution in [3.8, 4) is 0 Å². The van der Waals surface area contributed by atoms with Crippen molar-refractivity contribution in [3.05, 3.63) is 0 Å². The highest BCUT2D eigenvalue weighted by molar-refractivity contribution is 8.14. The number of carbonyl (C=O) groups excluding carboxylic acids is 1. The van der Waals surface area contributed by atoms with Gasteiger partial charge in [0.25, 0.3) is 5.91 Å². The first-order valence-corrected chi connectivity index (χ1v) is 8.07. The van der Waals surface area contributed by atoms with Gasteiger partial charge in [0.05, 0.1) is 5.92 Å². The minimum Gasteiger partial charge on any atom is -0.349 e. The van der Waals surface area contributed by atoms with Crippen LogP contribution in [-0.4, -0.2) is 33.8 Å². The van der Waals surface area contributed by atoms with E-state index in [4.69, 9.17) is 0 Å². The molecular formula is C14H24N2OS. The highest BCUT2D eigenvalue weighted by Gasteiger charge is 2.36. The molecule has 2 aliphatic rings. The number of aliphatic imine (C=N–C) groups is 1. The first kappa shape index (κ1) is 13.9. The molecule has 18 heavy (non-hydrogen) atoms. The van der Waals surface area contributed by atoms with Crippen LogP contribution in [0.1, 0.15) is 52.9 Å². The van der Waals surface area contributed by atoms with E-state index >= 15 is 0 Å². The summed E-state index contributed by atoms with van der Waals surface area (Å²) in [4.78, 5) is 18.8. The van der Waals surface area contributed by atoms with Crippen molar-refractivity contribution in [2.45, 2.75) is 64.2 Å². The molecule has 0 N–H and O–H groups in total. The van der Waals surface area contributed by atoms with Gasteiger partial charge in [-0.3, -0.25) is 4.79 Å². The van der Waals surface area contributed by atoms with E-state index in [0.29, 0.717) is 11.3 Å². The van der Waals surface area contributed by atoms with E-state index in [1.54, 1.807) is 0 Å². The fourth-order valence-electron chi connectivity index (χ4n) is 2.89. The number of amides is 1. The van der Waals surface area contributed by atoms with Crippen molar-refractivity contribution in [1.29, 1.82) is 0 Å². The molecule has 0 spiro atoms. The molecule has 0 bridgehead atoms. The minimum absolute atomic E-state index is 0.134. The zero-order valence-electron chi connectivity index (χ0n) is 11.7. The third-order valence-electron chi connectivity index (χ3n) is 3.94. The van der Waals surface area contributed by atoms with Crippen LogP contribution in [0.25, 0.3) is 0 Å². The van der Waals surface area contributed by atoms with Crippen molar-refractivity contribution >= 4 is 22.8 Å². The topological polar surface area (TPSA) is 32.7 Å². The first-order chi connectivity index (χ1) is 8.63. The van der Waals surface area contributed by atoms with Gasteiger partial charge < -0.3 is 4.90 Å². The first-order valence-electron chi connectivity index (χ1n) is 7.19. The number of amidine groups is 1. The maximum absolute atomic E-state index is 12.2. The van der Waals surface area contributed by atoms with Crippen molar-refractivity contribution in [2.24, 2.45) is 10.9 Å². The van der Waals surface area contributed by atoms with Crippen molar-refractivity contribution in [2.75, 3.05) is 6.54 Å². The molecule has 0 aromatic carbocycles. The summed E-state index contributed by atoms with van der Waals surface area (Å²) in [5.41, 5.74) is 0. The lowest BCUT2D eigenvalue weighted by molar-refractivity contribution is -0.121. The summed E-state index contributed by atoms with van der Waals surface area (Å²) in [6.07, 6.45) is 5.96. The van der Waals surface area contributed by atoms with Crippen LogP contribution in [-0.2, 0) is 4.79 Å². The van der Waals surface area contributed by atoms with Gasteiger partial charge in [0.2, 0.25) is 0 Å². The number of rotatable bonds is 2. The number of thioether (sulfide) groups is 1. The molecule has 2 atom stereocenters. The molecule has 0 aromatic heterocycles. The normalized spacial score (nSPS) is 28.7. The van der Waals surface area contributed by atoms with Crippen LogP contribution < -0.4 is 0 Å². The van der Waals surface area contributed by atoms with Crippen LogP contribution in [0.15, 0.2) is 4.99 Å². The number of fused-ring (bicyclic) bond motifs is 1. The van der Waals surface area contributed by atoms with Gasteiger partial charge in [0, 0.05) is 17.8 Å². The molecule has 1 amide bonds. The van der Waals surface area contributed by atoms with Crippen LogP contribution in [0, 0.1) is 5.92 Å². The molecule has 1 aliphatic heterocycles. The SMILES string of the molecule is CCN(C1=NC(=O)C2CCCCCC2S1)C(C)C. The largest absolute Gasteiger partial charge is 0.349 e. The van der Waals surface area contributed by atoms with Gasteiger partial charge >= 0.3 is 0 Å². The van der Waals surface area contributed by atoms with Gasteiger partial charge in [-0.05, 0) is 33.6 Å². The van der Waals surface area contributed by atoms with Gasteiger partial charge in [0.15, 0.2) is 5.17 Å². The number of hydrogen-bond acceptors (Lipinski definition) is 3.